The molecule has 0 unspecified atom stereocenters. The molecule has 2 N–H and O–H groups in total. The van der Waals surface area contributed by atoms with Crippen molar-refractivity contribution >= 4 is 23.5 Å². The molecule has 0 fully saturated rings. The molecule has 0 aliphatic rings. The lowest BCUT2D eigenvalue weighted by Crippen LogP contribution is -2.62. The molecule has 31 heavy (non-hydrogen) atoms. The molecule has 1 atom stereocenters. The van der Waals surface area contributed by atoms with E-state index in [0.717, 1.165) is 30.0 Å². The molecule has 0 aliphatic carbocycles. The Labute approximate surface area is 177 Å². The fraction of sp³-hybridized carbons (Fsp3) is 0.318. The first-order valence-electron chi connectivity index (χ1n) is 9.46. The van der Waals surface area contributed by atoms with E-state index in [1.807, 2.05) is 0 Å². The maximum absolute atomic E-state index is 13.4. The number of halogens is 3. The predicted octanol–water partition coefficient (Wildman–Crippen LogP) is 3.81. The zero-order valence-electron chi connectivity index (χ0n) is 17.2. The normalized spacial score (nSPS) is 13.4. The Hall–Kier alpha value is -3.36. The number of hydrogen-bond donors (Lipinski definition) is 2. The van der Waals surface area contributed by atoms with E-state index < -0.39 is 47.5 Å². The number of nitrogens with one attached hydrogen (secondary N) is 1. The quantitative estimate of drug-likeness (QED) is 0.691. The van der Waals surface area contributed by atoms with Gasteiger partial charge >= 0.3 is 12.1 Å². The Morgan fingerprint density at radius 2 is 1.58 bits per heavy atom. The molecule has 2 aromatic rings. The fourth-order valence-electron chi connectivity index (χ4n) is 3.65. The number of rotatable bonds is 7. The standard InChI is InChI=1S/C22H23F3N2O4/c1-14(2)21(16-8-5-4-6-9-16,20(31)26-13-19(29)30)27(15(3)28)18-11-7-10-17(12-18)22(23,24)25/h4-12,14H,13H2,1-3H3,(H,26,31)(H,29,30)/t21-/m1/s1. The van der Waals surface area contributed by atoms with E-state index in [-0.39, 0.29) is 5.69 Å². The minimum Gasteiger partial charge on any atom is -0.480 e. The fourth-order valence-corrected chi connectivity index (χ4v) is 3.65. The molecule has 0 saturated carbocycles. The van der Waals surface area contributed by atoms with Crippen LogP contribution in [0, 0.1) is 5.92 Å². The molecule has 6 nitrogen and oxygen atoms in total. The SMILES string of the molecule is CC(=O)N(c1cccc(C(F)(F)F)c1)[C@@](C(=O)NCC(=O)O)(c1ccccc1)C(C)C. The second kappa shape index (κ2) is 9.20. The average molecular weight is 436 g/mol. The van der Waals surface area contributed by atoms with E-state index in [0.29, 0.717) is 5.56 Å². The molecule has 0 heterocycles. The van der Waals surface area contributed by atoms with Crippen molar-refractivity contribution in [2.24, 2.45) is 5.92 Å². The van der Waals surface area contributed by atoms with Gasteiger partial charge in [-0.15, -0.1) is 0 Å². The van der Waals surface area contributed by atoms with Crippen molar-refractivity contribution in [3.05, 3.63) is 65.7 Å². The van der Waals surface area contributed by atoms with Gasteiger partial charge < -0.3 is 10.4 Å². The van der Waals surface area contributed by atoms with Crippen molar-refractivity contribution in [1.29, 1.82) is 0 Å². The number of alkyl halides is 3. The first kappa shape index (κ1) is 23.9. The smallest absolute Gasteiger partial charge is 0.416 e. The van der Waals surface area contributed by atoms with Crippen molar-refractivity contribution < 1.29 is 32.7 Å². The second-order valence-electron chi connectivity index (χ2n) is 7.27. The van der Waals surface area contributed by atoms with E-state index in [2.05, 4.69) is 5.32 Å². The zero-order chi connectivity index (χ0) is 23.4. The molecule has 0 aliphatic heterocycles. The summed E-state index contributed by atoms with van der Waals surface area (Å²) < 4.78 is 40.0. The number of carboxylic acids is 1. The molecule has 0 spiro atoms. The van der Waals surface area contributed by atoms with Crippen LogP contribution in [-0.2, 0) is 26.1 Å². The maximum Gasteiger partial charge on any atom is 0.416 e. The van der Waals surface area contributed by atoms with Gasteiger partial charge in [0.15, 0.2) is 5.54 Å². The third-order valence-corrected chi connectivity index (χ3v) is 4.90. The van der Waals surface area contributed by atoms with Gasteiger partial charge in [-0.2, -0.15) is 13.2 Å². The van der Waals surface area contributed by atoms with Crippen molar-refractivity contribution in [2.45, 2.75) is 32.5 Å². The number of hydrogen-bond acceptors (Lipinski definition) is 3. The summed E-state index contributed by atoms with van der Waals surface area (Å²) >= 11 is 0. The Bertz CT molecular complexity index is 961. The molecule has 2 rings (SSSR count). The van der Waals surface area contributed by atoms with Crippen LogP contribution in [0.15, 0.2) is 54.6 Å². The van der Waals surface area contributed by atoms with Crippen LogP contribution in [-0.4, -0.2) is 29.4 Å². The minimum absolute atomic E-state index is 0.134. The highest BCUT2D eigenvalue weighted by molar-refractivity contribution is 6.04. The summed E-state index contributed by atoms with van der Waals surface area (Å²) in [5.41, 5.74) is -2.58. The Balaban J connectivity index is 2.82. The third-order valence-electron chi connectivity index (χ3n) is 4.90. The molecular weight excluding hydrogens is 413 g/mol. The summed E-state index contributed by atoms with van der Waals surface area (Å²) in [5.74, 6) is -3.43. The van der Waals surface area contributed by atoms with Crippen LogP contribution in [0.4, 0.5) is 18.9 Å². The van der Waals surface area contributed by atoms with Gasteiger partial charge in [-0.3, -0.25) is 19.3 Å². The largest absolute Gasteiger partial charge is 0.480 e. The summed E-state index contributed by atoms with van der Waals surface area (Å²) in [7, 11) is 0. The lowest BCUT2D eigenvalue weighted by Gasteiger charge is -2.45. The van der Waals surface area contributed by atoms with Gasteiger partial charge in [0, 0.05) is 12.6 Å². The van der Waals surface area contributed by atoms with Gasteiger partial charge in [0.25, 0.3) is 5.91 Å². The predicted molar refractivity (Wildman–Crippen MR) is 108 cm³/mol. The lowest BCUT2D eigenvalue weighted by molar-refractivity contribution is -0.140. The molecule has 0 bridgehead atoms. The van der Waals surface area contributed by atoms with Crippen molar-refractivity contribution in [3.63, 3.8) is 0 Å². The van der Waals surface area contributed by atoms with E-state index in [1.54, 1.807) is 44.2 Å². The molecule has 166 valence electrons. The van der Waals surface area contributed by atoms with E-state index in [1.165, 1.54) is 6.07 Å². The molecule has 0 radical (unpaired) electrons. The van der Waals surface area contributed by atoms with Crippen LogP contribution in [0.25, 0.3) is 0 Å². The lowest BCUT2D eigenvalue weighted by atomic mass is 9.76. The number of nitrogens with zero attached hydrogens (tertiary/aromatic N) is 1. The average Bonchev–Trinajstić information content (AvgIpc) is 2.69. The van der Waals surface area contributed by atoms with Crippen molar-refractivity contribution in [3.8, 4) is 0 Å². The van der Waals surface area contributed by atoms with Crippen molar-refractivity contribution in [2.75, 3.05) is 11.4 Å². The molecule has 0 aromatic heterocycles. The number of carbonyl (C=O) groups is 3. The number of amides is 2. The Morgan fingerprint density at radius 1 is 1.00 bits per heavy atom. The van der Waals surface area contributed by atoms with Gasteiger partial charge in [-0.25, -0.2) is 0 Å². The molecule has 0 saturated heterocycles. The molecule has 2 aromatic carbocycles. The summed E-state index contributed by atoms with van der Waals surface area (Å²) in [4.78, 5) is 38.3. The number of benzene rings is 2. The zero-order valence-corrected chi connectivity index (χ0v) is 17.2. The Kier molecular flexibility index (Phi) is 7.09. The highest BCUT2D eigenvalue weighted by Crippen LogP contribution is 2.41. The summed E-state index contributed by atoms with van der Waals surface area (Å²) in [5, 5.41) is 11.3. The number of carboxylic acid groups (broad SMARTS) is 1. The van der Waals surface area contributed by atoms with Crippen LogP contribution in [0.2, 0.25) is 0 Å². The van der Waals surface area contributed by atoms with Gasteiger partial charge in [-0.05, 0) is 29.7 Å². The highest BCUT2D eigenvalue weighted by Gasteiger charge is 2.50. The maximum atomic E-state index is 13.4. The third kappa shape index (κ3) is 4.87. The Morgan fingerprint density at radius 3 is 2.06 bits per heavy atom. The first-order valence-corrected chi connectivity index (χ1v) is 9.46. The van der Waals surface area contributed by atoms with Gasteiger partial charge in [-0.1, -0.05) is 50.2 Å². The second-order valence-corrected chi connectivity index (χ2v) is 7.27. The molecular formula is C22H23F3N2O4. The summed E-state index contributed by atoms with van der Waals surface area (Å²) in [6.45, 7) is 3.70. The van der Waals surface area contributed by atoms with Gasteiger partial charge in [0.2, 0.25) is 5.91 Å². The van der Waals surface area contributed by atoms with E-state index in [4.69, 9.17) is 5.11 Å². The van der Waals surface area contributed by atoms with Crippen LogP contribution in [0.3, 0.4) is 0 Å². The van der Waals surface area contributed by atoms with Crippen LogP contribution < -0.4 is 10.2 Å². The monoisotopic (exact) mass is 436 g/mol. The number of carbonyl (C=O) groups excluding carboxylic acids is 2. The minimum atomic E-state index is -4.66. The molecule has 9 heteroatoms. The van der Waals surface area contributed by atoms with E-state index in [9.17, 15) is 27.6 Å². The van der Waals surface area contributed by atoms with Gasteiger partial charge in [0.1, 0.15) is 6.54 Å². The molecule has 2 amide bonds. The first-order chi connectivity index (χ1) is 14.4. The number of anilines is 1. The van der Waals surface area contributed by atoms with Crippen LogP contribution in [0.1, 0.15) is 31.9 Å². The van der Waals surface area contributed by atoms with Gasteiger partial charge in [0.05, 0.1) is 5.56 Å². The van der Waals surface area contributed by atoms with Crippen LogP contribution in [0.5, 0.6) is 0 Å². The van der Waals surface area contributed by atoms with E-state index >= 15 is 0 Å². The van der Waals surface area contributed by atoms with Crippen molar-refractivity contribution in [1.82, 2.24) is 5.32 Å². The number of aliphatic carboxylic acids is 1. The van der Waals surface area contributed by atoms with Crippen LogP contribution >= 0.6 is 0 Å². The summed E-state index contributed by atoms with van der Waals surface area (Å²) in [6, 6.07) is 12.2. The topological polar surface area (TPSA) is 86.7 Å². The highest BCUT2D eigenvalue weighted by atomic mass is 19.4. The summed E-state index contributed by atoms with van der Waals surface area (Å²) in [6.07, 6.45) is -4.66.